The molecule has 1 heterocycles. The van der Waals surface area contributed by atoms with E-state index in [1.807, 2.05) is 17.5 Å². The third-order valence-corrected chi connectivity index (χ3v) is 4.99. The molecule has 0 aliphatic rings. The summed E-state index contributed by atoms with van der Waals surface area (Å²) in [6.07, 6.45) is 0. The van der Waals surface area contributed by atoms with Crippen LogP contribution in [0.1, 0.15) is 5.56 Å². The number of nitrogens with one attached hydrogen (secondary N) is 1. The van der Waals surface area contributed by atoms with Gasteiger partial charge in [-0.3, -0.25) is 10.1 Å². The minimum Gasteiger partial charge on any atom is -0.357 e. The molecule has 0 amide bonds. The Morgan fingerprint density at radius 2 is 1.74 bits per heavy atom. The van der Waals surface area contributed by atoms with Gasteiger partial charge in [0.25, 0.3) is 5.69 Å². The van der Waals surface area contributed by atoms with E-state index in [0.717, 1.165) is 16.4 Å². The molecule has 0 aliphatic carbocycles. The number of rotatable bonds is 5. The normalized spacial score (nSPS) is 10.4. The Morgan fingerprint density at radius 1 is 1.00 bits per heavy atom. The molecular weight excluding hydrogens is 426 g/mol. The summed E-state index contributed by atoms with van der Waals surface area (Å²) >= 11 is 1.52. The van der Waals surface area contributed by atoms with Crippen molar-refractivity contribution in [2.75, 3.05) is 5.32 Å². The average molecular weight is 442 g/mol. The highest BCUT2D eigenvalue weighted by molar-refractivity contribution is 8.93. The topological polar surface area (TPSA) is 68.1 Å². The maximum absolute atomic E-state index is 10.7. The summed E-state index contributed by atoms with van der Waals surface area (Å²) < 4.78 is 0. The van der Waals surface area contributed by atoms with E-state index in [1.165, 1.54) is 39.8 Å². The van der Waals surface area contributed by atoms with Gasteiger partial charge in [0.2, 0.25) is 0 Å². The number of nitrogens with zero attached hydrogens (tertiary/aromatic N) is 2. The van der Waals surface area contributed by atoms with Gasteiger partial charge in [0.1, 0.15) is 0 Å². The van der Waals surface area contributed by atoms with E-state index in [1.54, 1.807) is 12.1 Å². The van der Waals surface area contributed by atoms with E-state index < -0.39 is 4.92 Å². The monoisotopic (exact) mass is 441 g/mol. The quantitative estimate of drug-likeness (QED) is 0.301. The van der Waals surface area contributed by atoms with Gasteiger partial charge in [-0.05, 0) is 28.5 Å². The fourth-order valence-corrected chi connectivity index (χ4v) is 3.58. The van der Waals surface area contributed by atoms with Crippen molar-refractivity contribution in [3.8, 4) is 11.3 Å². The number of aromatic nitrogens is 1. The van der Waals surface area contributed by atoms with E-state index in [9.17, 15) is 10.1 Å². The first kappa shape index (κ1) is 19.0. The van der Waals surface area contributed by atoms with Crippen molar-refractivity contribution >= 4 is 49.9 Å². The lowest BCUT2D eigenvalue weighted by molar-refractivity contribution is -0.384. The number of thiazole rings is 1. The second-order valence-corrected chi connectivity index (χ2v) is 6.69. The molecule has 0 radical (unpaired) electrons. The minimum atomic E-state index is -0.401. The van der Waals surface area contributed by atoms with Crippen molar-refractivity contribution in [1.29, 1.82) is 0 Å². The van der Waals surface area contributed by atoms with Crippen molar-refractivity contribution in [2.24, 2.45) is 0 Å². The molecule has 0 fully saturated rings. The molecule has 4 rings (SSSR count). The van der Waals surface area contributed by atoms with Gasteiger partial charge in [-0.25, -0.2) is 4.98 Å². The van der Waals surface area contributed by atoms with Crippen LogP contribution in [0.4, 0.5) is 10.8 Å². The largest absolute Gasteiger partial charge is 0.357 e. The molecule has 1 N–H and O–H groups in total. The lowest BCUT2D eigenvalue weighted by Gasteiger charge is -2.07. The molecule has 0 saturated heterocycles. The molecule has 3 aromatic carbocycles. The summed E-state index contributed by atoms with van der Waals surface area (Å²) in [5.74, 6) is 0. The predicted octanol–water partition coefficient (Wildman–Crippen LogP) is 6.06. The van der Waals surface area contributed by atoms with Crippen LogP contribution in [0.2, 0.25) is 0 Å². The van der Waals surface area contributed by atoms with Crippen LogP contribution < -0.4 is 5.32 Å². The maximum Gasteiger partial charge on any atom is 0.269 e. The Kier molecular flexibility index (Phi) is 5.83. The fourth-order valence-electron chi connectivity index (χ4n) is 2.86. The Labute approximate surface area is 170 Å². The molecule has 0 spiro atoms. The number of hydrogen-bond donors (Lipinski definition) is 1. The number of fused-ring (bicyclic) bond motifs is 1. The second-order valence-electron chi connectivity index (χ2n) is 5.83. The van der Waals surface area contributed by atoms with Crippen LogP contribution in [0.15, 0.2) is 72.1 Å². The molecule has 1 aromatic heterocycles. The zero-order valence-electron chi connectivity index (χ0n) is 14.2. The highest BCUT2D eigenvalue weighted by Crippen LogP contribution is 2.27. The van der Waals surface area contributed by atoms with Gasteiger partial charge in [0.15, 0.2) is 5.13 Å². The molecule has 0 saturated carbocycles. The van der Waals surface area contributed by atoms with Gasteiger partial charge in [-0.15, -0.1) is 28.3 Å². The standard InChI is InChI=1S/C20H15N3O2S.BrH/c24-23(25)17-10-8-15(9-11-17)19-13-26-20(22-19)21-12-16-6-3-5-14-4-1-2-7-18(14)16;/h1-11,13H,12H2,(H,21,22);1H. The highest BCUT2D eigenvalue weighted by atomic mass is 79.9. The van der Waals surface area contributed by atoms with Gasteiger partial charge in [-0.1, -0.05) is 42.5 Å². The number of anilines is 1. The van der Waals surface area contributed by atoms with Gasteiger partial charge >= 0.3 is 0 Å². The fraction of sp³-hybridized carbons (Fsp3) is 0.0500. The Bertz CT molecular complexity index is 1070. The molecule has 4 aromatic rings. The van der Waals surface area contributed by atoms with Crippen LogP contribution in [-0.4, -0.2) is 9.91 Å². The van der Waals surface area contributed by atoms with Crippen molar-refractivity contribution in [1.82, 2.24) is 4.98 Å². The Hall–Kier alpha value is -2.77. The van der Waals surface area contributed by atoms with Crippen LogP contribution in [0.25, 0.3) is 22.0 Å². The molecule has 5 nitrogen and oxygen atoms in total. The van der Waals surface area contributed by atoms with Gasteiger partial charge < -0.3 is 5.32 Å². The molecule has 7 heteroatoms. The molecule has 0 bridgehead atoms. The number of benzene rings is 3. The zero-order chi connectivity index (χ0) is 17.9. The van der Waals surface area contributed by atoms with Crippen molar-refractivity contribution in [2.45, 2.75) is 6.54 Å². The number of nitro groups is 1. The second kappa shape index (κ2) is 8.28. The predicted molar refractivity (Wildman–Crippen MR) is 116 cm³/mol. The van der Waals surface area contributed by atoms with E-state index in [-0.39, 0.29) is 22.7 Å². The highest BCUT2D eigenvalue weighted by Gasteiger charge is 2.08. The maximum atomic E-state index is 10.7. The zero-order valence-corrected chi connectivity index (χ0v) is 16.7. The average Bonchev–Trinajstić information content (AvgIpc) is 3.15. The molecule has 136 valence electrons. The van der Waals surface area contributed by atoms with Crippen molar-refractivity contribution in [3.63, 3.8) is 0 Å². The van der Waals surface area contributed by atoms with E-state index in [0.29, 0.717) is 6.54 Å². The first-order chi connectivity index (χ1) is 12.7. The smallest absolute Gasteiger partial charge is 0.269 e. The third-order valence-electron chi connectivity index (χ3n) is 4.19. The van der Waals surface area contributed by atoms with Crippen LogP contribution in [0.5, 0.6) is 0 Å². The van der Waals surface area contributed by atoms with Crippen LogP contribution in [0.3, 0.4) is 0 Å². The van der Waals surface area contributed by atoms with Crippen molar-refractivity contribution in [3.05, 3.63) is 87.8 Å². The summed E-state index contributed by atoms with van der Waals surface area (Å²) in [6, 6.07) is 21.0. The van der Waals surface area contributed by atoms with Crippen LogP contribution >= 0.6 is 28.3 Å². The van der Waals surface area contributed by atoms with Gasteiger partial charge in [0.05, 0.1) is 10.6 Å². The Balaban J connectivity index is 0.00000210. The number of hydrogen-bond acceptors (Lipinski definition) is 5. The lowest BCUT2D eigenvalue weighted by Crippen LogP contribution is -1.99. The first-order valence-corrected chi connectivity index (χ1v) is 8.99. The van der Waals surface area contributed by atoms with Gasteiger partial charge in [-0.2, -0.15) is 0 Å². The number of nitro benzene ring substituents is 1. The molecule has 0 unspecified atom stereocenters. The summed E-state index contributed by atoms with van der Waals surface area (Å²) in [7, 11) is 0. The van der Waals surface area contributed by atoms with E-state index >= 15 is 0 Å². The summed E-state index contributed by atoms with van der Waals surface area (Å²) in [5, 5.41) is 19.3. The summed E-state index contributed by atoms with van der Waals surface area (Å²) in [4.78, 5) is 14.9. The summed E-state index contributed by atoms with van der Waals surface area (Å²) in [6.45, 7) is 0.689. The molecular formula is C20H16BrN3O2S. The summed E-state index contributed by atoms with van der Waals surface area (Å²) in [5.41, 5.74) is 2.98. The molecule has 27 heavy (non-hydrogen) atoms. The van der Waals surface area contributed by atoms with Crippen LogP contribution in [-0.2, 0) is 6.54 Å². The first-order valence-electron chi connectivity index (χ1n) is 8.11. The Morgan fingerprint density at radius 3 is 2.52 bits per heavy atom. The number of non-ortho nitro benzene ring substituents is 1. The molecule has 0 atom stereocenters. The van der Waals surface area contributed by atoms with E-state index in [4.69, 9.17) is 0 Å². The van der Waals surface area contributed by atoms with Gasteiger partial charge in [0, 0.05) is 29.6 Å². The van der Waals surface area contributed by atoms with Crippen molar-refractivity contribution < 1.29 is 4.92 Å². The van der Waals surface area contributed by atoms with Crippen LogP contribution in [0, 0.1) is 10.1 Å². The lowest BCUT2D eigenvalue weighted by atomic mass is 10.0. The third kappa shape index (κ3) is 4.15. The SMILES string of the molecule is Br.O=[N+]([O-])c1ccc(-c2csc(NCc3cccc4ccccc34)n2)cc1. The molecule has 0 aliphatic heterocycles. The number of halogens is 1. The minimum absolute atomic E-state index is 0. The van der Waals surface area contributed by atoms with E-state index in [2.05, 4.69) is 40.6 Å².